The molecule has 1 heterocycles. The zero-order valence-electron chi connectivity index (χ0n) is 21.8. The van der Waals surface area contributed by atoms with Crippen LogP contribution in [0.1, 0.15) is 43.0 Å². The zero-order chi connectivity index (χ0) is 26.4. The fourth-order valence-electron chi connectivity index (χ4n) is 4.23. The molecule has 0 saturated carbocycles. The van der Waals surface area contributed by atoms with Gasteiger partial charge in [-0.3, -0.25) is 9.59 Å². The summed E-state index contributed by atoms with van der Waals surface area (Å²) < 4.78 is 21.8. The van der Waals surface area contributed by atoms with Gasteiger partial charge in [0.15, 0.2) is 11.5 Å². The lowest BCUT2D eigenvalue weighted by Crippen LogP contribution is -2.31. The Hall–Kier alpha value is -3.52. The van der Waals surface area contributed by atoms with Gasteiger partial charge in [-0.2, -0.15) is 0 Å². The predicted molar refractivity (Wildman–Crippen MR) is 137 cm³/mol. The van der Waals surface area contributed by atoms with E-state index in [0.717, 1.165) is 5.56 Å². The van der Waals surface area contributed by atoms with E-state index in [4.69, 9.17) is 18.9 Å². The number of Topliss-reactive ketones (excluding diaryl/α,β-unsaturated/α-hetero) is 1. The van der Waals surface area contributed by atoms with E-state index < -0.39 is 17.7 Å². The molecule has 0 radical (unpaired) electrons. The van der Waals surface area contributed by atoms with E-state index in [-0.39, 0.29) is 17.9 Å². The number of amides is 1. The maximum absolute atomic E-state index is 13.2. The number of rotatable bonds is 11. The summed E-state index contributed by atoms with van der Waals surface area (Å²) >= 11 is 0. The van der Waals surface area contributed by atoms with Crippen LogP contribution >= 0.6 is 0 Å². The molecular formula is C28H35NO7. The van der Waals surface area contributed by atoms with Crippen molar-refractivity contribution >= 4 is 17.4 Å². The van der Waals surface area contributed by atoms with Crippen LogP contribution in [0.5, 0.6) is 17.2 Å². The highest BCUT2D eigenvalue weighted by atomic mass is 16.5. The van der Waals surface area contributed by atoms with Gasteiger partial charge in [0, 0.05) is 25.8 Å². The smallest absolute Gasteiger partial charge is 0.295 e. The van der Waals surface area contributed by atoms with E-state index in [1.807, 2.05) is 6.92 Å². The number of hydrogen-bond acceptors (Lipinski definition) is 7. The fraction of sp³-hybridized carbons (Fsp3) is 0.429. The molecule has 1 fully saturated rings. The van der Waals surface area contributed by atoms with Crippen molar-refractivity contribution in [3.8, 4) is 17.2 Å². The third kappa shape index (κ3) is 5.65. The standard InChI is InChI=1S/C28H35NO7/c1-17(2)16-36-21-10-9-20(14-18(21)3)26(30)24-25(19-8-11-22(34-5)23(15-19)35-6)29(12-7-13-33-4)28(32)27(24)31/h8-11,14-15,17,25,30H,7,12-13,16H2,1-6H3/t25-/m1/s1. The van der Waals surface area contributed by atoms with Crippen LogP contribution in [0, 0.1) is 12.8 Å². The van der Waals surface area contributed by atoms with Gasteiger partial charge in [-0.25, -0.2) is 0 Å². The number of carbonyl (C=O) groups excluding carboxylic acids is 2. The Bertz CT molecular complexity index is 1140. The van der Waals surface area contributed by atoms with E-state index in [1.165, 1.54) is 19.1 Å². The Morgan fingerprint density at radius 3 is 2.31 bits per heavy atom. The summed E-state index contributed by atoms with van der Waals surface area (Å²) in [5.41, 5.74) is 1.90. The van der Waals surface area contributed by atoms with E-state index in [0.29, 0.717) is 53.9 Å². The maximum atomic E-state index is 13.2. The van der Waals surface area contributed by atoms with Crippen molar-refractivity contribution in [2.45, 2.75) is 33.2 Å². The lowest BCUT2D eigenvalue weighted by atomic mass is 9.94. The van der Waals surface area contributed by atoms with Gasteiger partial charge in [-0.05, 0) is 60.7 Å². The molecule has 8 nitrogen and oxygen atoms in total. The van der Waals surface area contributed by atoms with Crippen molar-refractivity contribution < 1.29 is 33.6 Å². The van der Waals surface area contributed by atoms with Crippen LogP contribution in [0.15, 0.2) is 42.0 Å². The predicted octanol–water partition coefficient (Wildman–Crippen LogP) is 4.51. The summed E-state index contributed by atoms with van der Waals surface area (Å²) in [6.45, 7) is 7.29. The largest absolute Gasteiger partial charge is 0.507 e. The molecule has 2 aromatic rings. The number of hydrogen-bond donors (Lipinski definition) is 1. The normalized spacial score (nSPS) is 17.1. The van der Waals surface area contributed by atoms with E-state index in [1.54, 1.807) is 43.5 Å². The average molecular weight is 498 g/mol. The monoisotopic (exact) mass is 497 g/mol. The first kappa shape index (κ1) is 27.1. The third-order valence-corrected chi connectivity index (χ3v) is 6.03. The number of carbonyl (C=O) groups is 2. The number of nitrogens with zero attached hydrogens (tertiary/aromatic N) is 1. The molecule has 2 aromatic carbocycles. The molecule has 1 atom stereocenters. The Kier molecular flexibility index (Phi) is 8.98. The zero-order valence-corrected chi connectivity index (χ0v) is 21.8. The minimum atomic E-state index is -0.793. The van der Waals surface area contributed by atoms with Crippen molar-refractivity contribution in [3.63, 3.8) is 0 Å². The van der Waals surface area contributed by atoms with Crippen molar-refractivity contribution in [1.82, 2.24) is 4.90 Å². The first-order chi connectivity index (χ1) is 17.2. The minimum absolute atomic E-state index is 0.0277. The highest BCUT2D eigenvalue weighted by Crippen LogP contribution is 2.42. The van der Waals surface area contributed by atoms with Gasteiger partial charge < -0.3 is 29.0 Å². The first-order valence-corrected chi connectivity index (χ1v) is 12.0. The lowest BCUT2D eigenvalue weighted by molar-refractivity contribution is -0.140. The van der Waals surface area contributed by atoms with Gasteiger partial charge in [0.2, 0.25) is 0 Å². The van der Waals surface area contributed by atoms with E-state index in [2.05, 4.69) is 13.8 Å². The van der Waals surface area contributed by atoms with Crippen molar-refractivity contribution in [1.29, 1.82) is 0 Å². The Labute approximate surface area is 212 Å². The molecule has 36 heavy (non-hydrogen) atoms. The Balaban J connectivity index is 2.11. The second-order valence-corrected chi connectivity index (χ2v) is 9.14. The van der Waals surface area contributed by atoms with Crippen molar-refractivity contribution in [3.05, 3.63) is 58.7 Å². The Morgan fingerprint density at radius 2 is 1.69 bits per heavy atom. The molecule has 1 aliphatic heterocycles. The number of ether oxygens (including phenoxy) is 4. The van der Waals surface area contributed by atoms with Crippen LogP contribution < -0.4 is 14.2 Å². The summed E-state index contributed by atoms with van der Waals surface area (Å²) in [6.07, 6.45) is 0.536. The molecule has 0 spiro atoms. The van der Waals surface area contributed by atoms with Crippen molar-refractivity contribution in [2.24, 2.45) is 5.92 Å². The molecular weight excluding hydrogens is 462 g/mol. The molecule has 1 aliphatic rings. The number of aliphatic hydroxyl groups is 1. The van der Waals surface area contributed by atoms with Crippen molar-refractivity contribution in [2.75, 3.05) is 41.1 Å². The molecule has 194 valence electrons. The second-order valence-electron chi connectivity index (χ2n) is 9.14. The summed E-state index contributed by atoms with van der Waals surface area (Å²) in [5.74, 6) is 0.416. The third-order valence-electron chi connectivity index (χ3n) is 6.03. The summed E-state index contributed by atoms with van der Waals surface area (Å²) in [4.78, 5) is 27.8. The molecule has 0 aliphatic carbocycles. The quantitative estimate of drug-likeness (QED) is 0.211. The molecule has 1 N–H and O–H groups in total. The molecule has 3 rings (SSSR count). The average Bonchev–Trinajstić information content (AvgIpc) is 3.12. The number of methoxy groups -OCH3 is 3. The number of ketones is 1. The van der Waals surface area contributed by atoms with Gasteiger partial charge in [0.1, 0.15) is 11.5 Å². The first-order valence-electron chi connectivity index (χ1n) is 12.0. The minimum Gasteiger partial charge on any atom is -0.507 e. The van der Waals surface area contributed by atoms with Gasteiger partial charge in [-0.1, -0.05) is 19.9 Å². The molecule has 8 heteroatoms. The highest BCUT2D eigenvalue weighted by Gasteiger charge is 2.46. The van der Waals surface area contributed by atoms with Gasteiger partial charge in [0.25, 0.3) is 11.7 Å². The number of likely N-dealkylation sites (tertiary alicyclic amines) is 1. The van der Waals surface area contributed by atoms with Gasteiger partial charge >= 0.3 is 0 Å². The topological polar surface area (TPSA) is 94.5 Å². The molecule has 0 bridgehead atoms. The van der Waals surface area contributed by atoms with Crippen LogP contribution in [0.25, 0.3) is 5.76 Å². The number of aryl methyl sites for hydroxylation is 1. The number of aliphatic hydroxyl groups excluding tert-OH is 1. The van der Waals surface area contributed by atoms with Crippen LogP contribution in [-0.4, -0.2) is 62.8 Å². The van der Waals surface area contributed by atoms with Crippen LogP contribution in [0.4, 0.5) is 0 Å². The molecule has 0 unspecified atom stereocenters. The van der Waals surface area contributed by atoms with Crippen LogP contribution in [0.3, 0.4) is 0 Å². The fourth-order valence-corrected chi connectivity index (χ4v) is 4.23. The number of benzene rings is 2. The highest BCUT2D eigenvalue weighted by molar-refractivity contribution is 6.46. The van der Waals surface area contributed by atoms with E-state index >= 15 is 0 Å². The molecule has 1 saturated heterocycles. The van der Waals surface area contributed by atoms with Gasteiger partial charge in [-0.15, -0.1) is 0 Å². The summed E-state index contributed by atoms with van der Waals surface area (Å²) in [5, 5.41) is 11.3. The molecule has 1 amide bonds. The lowest BCUT2D eigenvalue weighted by Gasteiger charge is -2.26. The van der Waals surface area contributed by atoms with Crippen LogP contribution in [-0.2, 0) is 14.3 Å². The summed E-state index contributed by atoms with van der Waals surface area (Å²) in [7, 11) is 4.63. The van der Waals surface area contributed by atoms with E-state index in [9.17, 15) is 14.7 Å². The maximum Gasteiger partial charge on any atom is 0.295 e. The van der Waals surface area contributed by atoms with Gasteiger partial charge in [0.05, 0.1) is 32.4 Å². The second kappa shape index (κ2) is 11.9. The SMILES string of the molecule is COCCCN1C(=O)C(=O)C(=C(O)c2ccc(OCC(C)C)c(C)c2)[C@H]1c1ccc(OC)c(OC)c1. The Morgan fingerprint density at radius 1 is 1.00 bits per heavy atom. The van der Waals surface area contributed by atoms with Crippen LogP contribution in [0.2, 0.25) is 0 Å². The summed E-state index contributed by atoms with van der Waals surface area (Å²) in [6, 6.07) is 9.64. The molecule has 0 aromatic heterocycles.